The molecule has 0 N–H and O–H groups in total. The second kappa shape index (κ2) is 5.69. The Hall–Kier alpha value is -3.10. The molecule has 0 heterocycles. The van der Waals surface area contributed by atoms with Gasteiger partial charge in [0.1, 0.15) is 35.3 Å². The lowest BCUT2D eigenvalue weighted by atomic mass is 9.85. The third-order valence-corrected chi connectivity index (χ3v) is 2.49. The molecule has 0 aromatic rings. The van der Waals surface area contributed by atoms with E-state index in [-0.39, 0.29) is 0 Å². The van der Waals surface area contributed by atoms with Gasteiger partial charge in [-0.3, -0.25) is 0 Å². The van der Waals surface area contributed by atoms with E-state index in [1.165, 1.54) is 12.1 Å². The number of allylic oxidation sites excluding steroid dienone is 6. The summed E-state index contributed by atoms with van der Waals surface area (Å²) in [4.78, 5) is 0. The van der Waals surface area contributed by atoms with Crippen LogP contribution in [0.1, 0.15) is 0 Å². The van der Waals surface area contributed by atoms with Gasteiger partial charge in [0.2, 0.25) is 0 Å². The van der Waals surface area contributed by atoms with Crippen molar-refractivity contribution in [1.82, 2.24) is 0 Å². The minimum absolute atomic E-state index is 1.10. The highest BCUT2D eigenvalue weighted by atomic mass is 19.2. The Morgan fingerprint density at radius 1 is 0.850 bits per heavy atom. The predicted molar refractivity (Wildman–Crippen MR) is 54.9 cm³/mol. The Bertz CT molecular complexity index is 661. The maximum Gasteiger partial charge on any atom is 0.167 e. The van der Waals surface area contributed by atoms with Crippen LogP contribution in [0, 0.1) is 57.2 Å². The molecule has 1 aliphatic carbocycles. The molecular formula is C12H2F4N4. The van der Waals surface area contributed by atoms with Crippen LogP contribution >= 0.6 is 0 Å². The van der Waals surface area contributed by atoms with Gasteiger partial charge in [-0.2, -0.15) is 21.0 Å². The maximum atomic E-state index is 13.7. The van der Waals surface area contributed by atoms with Crippen LogP contribution in [0.3, 0.4) is 0 Å². The number of nitriles is 4. The monoisotopic (exact) mass is 278 g/mol. The largest absolute Gasteiger partial charge is 0.208 e. The van der Waals surface area contributed by atoms with Gasteiger partial charge < -0.3 is 0 Å². The first-order chi connectivity index (χ1) is 9.44. The standard InChI is InChI=1S/C12H2F4N4/c13-9-7(5(1-17)2-18)10(14)12(16)8(11(9)15)6(3-19)4-20/h5,7H. The Balaban J connectivity index is 3.67. The second-order valence-corrected chi connectivity index (χ2v) is 3.51. The molecule has 0 amide bonds. The predicted octanol–water partition coefficient (Wildman–Crippen LogP) is 2.92. The lowest BCUT2D eigenvalue weighted by Gasteiger charge is -2.20. The first-order valence-electron chi connectivity index (χ1n) is 4.89. The molecule has 0 aliphatic heterocycles. The summed E-state index contributed by atoms with van der Waals surface area (Å²) in [5, 5.41) is 34.1. The van der Waals surface area contributed by atoms with Gasteiger partial charge in [-0.05, 0) is 0 Å². The van der Waals surface area contributed by atoms with Gasteiger partial charge in [-0.1, -0.05) is 0 Å². The van der Waals surface area contributed by atoms with Crippen LogP contribution in [0.2, 0.25) is 0 Å². The summed E-state index contributed by atoms with van der Waals surface area (Å²) in [7, 11) is 0. The van der Waals surface area contributed by atoms with Crippen LogP contribution in [0.5, 0.6) is 0 Å². The molecule has 20 heavy (non-hydrogen) atoms. The van der Waals surface area contributed by atoms with Crippen LogP contribution in [0.15, 0.2) is 34.5 Å². The fraction of sp³-hybridized carbons (Fsp3) is 0.167. The van der Waals surface area contributed by atoms with Gasteiger partial charge in [0.25, 0.3) is 0 Å². The van der Waals surface area contributed by atoms with E-state index in [4.69, 9.17) is 21.0 Å². The third kappa shape index (κ3) is 2.11. The number of hydrogen-bond donors (Lipinski definition) is 0. The molecule has 0 aromatic heterocycles. The summed E-state index contributed by atoms with van der Waals surface area (Å²) in [5.41, 5.74) is -2.61. The minimum atomic E-state index is -2.35. The van der Waals surface area contributed by atoms with E-state index in [9.17, 15) is 17.6 Å². The van der Waals surface area contributed by atoms with E-state index in [2.05, 4.69) is 0 Å². The average Bonchev–Trinajstić information content (AvgIpc) is 2.46. The second-order valence-electron chi connectivity index (χ2n) is 3.51. The molecule has 0 unspecified atom stereocenters. The van der Waals surface area contributed by atoms with Gasteiger partial charge in [0.15, 0.2) is 11.7 Å². The van der Waals surface area contributed by atoms with E-state index in [0.717, 1.165) is 12.1 Å². The van der Waals surface area contributed by atoms with Crippen molar-refractivity contribution < 1.29 is 17.6 Å². The van der Waals surface area contributed by atoms with Crippen molar-refractivity contribution in [2.24, 2.45) is 11.8 Å². The van der Waals surface area contributed by atoms with E-state index in [1.807, 2.05) is 0 Å². The Morgan fingerprint density at radius 2 is 1.25 bits per heavy atom. The molecule has 0 radical (unpaired) electrons. The SMILES string of the molecule is N#CC(C#N)=C1C(F)=C(F)C(C(C#N)C#N)C(F)=C1F. The molecule has 0 saturated heterocycles. The molecule has 1 aliphatic rings. The quantitative estimate of drug-likeness (QED) is 0.544. The zero-order valence-corrected chi connectivity index (χ0v) is 9.46. The molecule has 0 fully saturated rings. The van der Waals surface area contributed by atoms with Gasteiger partial charge in [0, 0.05) is 0 Å². The zero-order chi connectivity index (χ0) is 15.4. The summed E-state index contributed by atoms with van der Waals surface area (Å²) in [6.07, 6.45) is 0. The topological polar surface area (TPSA) is 95.2 Å². The molecule has 8 heteroatoms. The van der Waals surface area contributed by atoms with Crippen molar-refractivity contribution in [2.45, 2.75) is 0 Å². The maximum absolute atomic E-state index is 13.7. The van der Waals surface area contributed by atoms with Gasteiger partial charge in [-0.15, -0.1) is 0 Å². The lowest BCUT2D eigenvalue weighted by Crippen LogP contribution is -2.20. The minimum Gasteiger partial charge on any atom is -0.208 e. The molecule has 0 aromatic carbocycles. The molecule has 98 valence electrons. The first-order valence-corrected chi connectivity index (χ1v) is 4.89. The average molecular weight is 278 g/mol. The fourth-order valence-corrected chi connectivity index (χ4v) is 1.55. The van der Waals surface area contributed by atoms with E-state index in [1.54, 1.807) is 0 Å². The summed E-state index contributed by atoms with van der Waals surface area (Å²) < 4.78 is 54.7. The summed E-state index contributed by atoms with van der Waals surface area (Å²) >= 11 is 0. The highest BCUT2D eigenvalue weighted by molar-refractivity contribution is 5.59. The highest BCUT2D eigenvalue weighted by Crippen LogP contribution is 2.45. The summed E-state index contributed by atoms with van der Waals surface area (Å²) in [6, 6.07) is 4.62. The lowest BCUT2D eigenvalue weighted by molar-refractivity contribution is 0.350. The number of halogens is 4. The van der Waals surface area contributed by atoms with Gasteiger partial charge in [0.05, 0.1) is 23.6 Å². The fourth-order valence-electron chi connectivity index (χ4n) is 1.55. The number of hydrogen-bond acceptors (Lipinski definition) is 4. The van der Waals surface area contributed by atoms with E-state index in [0.29, 0.717) is 0 Å². The zero-order valence-electron chi connectivity index (χ0n) is 9.46. The highest BCUT2D eigenvalue weighted by Gasteiger charge is 2.42. The van der Waals surface area contributed by atoms with Crippen molar-refractivity contribution in [1.29, 1.82) is 21.0 Å². The molecule has 4 nitrogen and oxygen atoms in total. The first kappa shape index (κ1) is 15.0. The Morgan fingerprint density at radius 3 is 1.55 bits per heavy atom. The molecule has 0 saturated carbocycles. The number of nitrogens with zero attached hydrogens (tertiary/aromatic N) is 4. The van der Waals surface area contributed by atoms with Gasteiger partial charge in [-0.25, -0.2) is 17.6 Å². The van der Waals surface area contributed by atoms with Crippen molar-refractivity contribution in [2.75, 3.05) is 0 Å². The van der Waals surface area contributed by atoms with Crippen LogP contribution in [-0.4, -0.2) is 0 Å². The molecular weight excluding hydrogens is 276 g/mol. The van der Waals surface area contributed by atoms with Crippen molar-refractivity contribution in [3.63, 3.8) is 0 Å². The normalized spacial score (nSPS) is 18.2. The van der Waals surface area contributed by atoms with E-state index < -0.39 is 46.3 Å². The third-order valence-electron chi connectivity index (χ3n) is 2.49. The van der Waals surface area contributed by atoms with E-state index >= 15 is 0 Å². The number of rotatable bonds is 1. The smallest absolute Gasteiger partial charge is 0.167 e. The Labute approximate surface area is 110 Å². The van der Waals surface area contributed by atoms with Gasteiger partial charge >= 0.3 is 0 Å². The molecule has 0 atom stereocenters. The summed E-state index contributed by atoms with van der Waals surface area (Å²) in [6.45, 7) is 0. The summed E-state index contributed by atoms with van der Waals surface area (Å²) in [5.74, 6) is -12.1. The van der Waals surface area contributed by atoms with Crippen LogP contribution in [-0.2, 0) is 0 Å². The van der Waals surface area contributed by atoms with Crippen LogP contribution in [0.4, 0.5) is 17.6 Å². The van der Waals surface area contributed by atoms with Crippen LogP contribution < -0.4 is 0 Å². The van der Waals surface area contributed by atoms with Crippen molar-refractivity contribution in [3.8, 4) is 24.3 Å². The van der Waals surface area contributed by atoms with Crippen molar-refractivity contribution >= 4 is 0 Å². The molecule has 0 bridgehead atoms. The molecule has 0 spiro atoms. The van der Waals surface area contributed by atoms with Crippen molar-refractivity contribution in [3.05, 3.63) is 34.5 Å². The van der Waals surface area contributed by atoms with Crippen LogP contribution in [0.25, 0.3) is 0 Å². The Kier molecular flexibility index (Phi) is 4.26. The molecule has 1 rings (SSSR count).